The average molecular weight is 248 g/mol. The molecule has 1 aliphatic carbocycles. The van der Waals surface area contributed by atoms with Crippen molar-refractivity contribution in [2.24, 2.45) is 5.92 Å². The number of nitrogens with zero attached hydrogens (tertiary/aromatic N) is 1. The molecule has 4 heteroatoms. The van der Waals surface area contributed by atoms with Gasteiger partial charge in [-0.15, -0.1) is 0 Å². The zero-order valence-corrected chi connectivity index (χ0v) is 11.0. The molecule has 1 aromatic rings. The first-order chi connectivity index (χ1) is 8.66. The highest BCUT2D eigenvalue weighted by Gasteiger charge is 2.39. The van der Waals surface area contributed by atoms with Crippen LogP contribution >= 0.6 is 0 Å². The summed E-state index contributed by atoms with van der Waals surface area (Å²) in [6.07, 6.45) is 4.19. The van der Waals surface area contributed by atoms with Crippen LogP contribution in [-0.4, -0.2) is 24.1 Å². The number of pyridine rings is 1. The highest BCUT2D eigenvalue weighted by Crippen LogP contribution is 2.30. The number of hydrogen-bond acceptors (Lipinski definition) is 4. The van der Waals surface area contributed by atoms with Crippen molar-refractivity contribution < 1.29 is 9.53 Å². The summed E-state index contributed by atoms with van der Waals surface area (Å²) < 4.78 is 5.17. The number of nitrogens with one attached hydrogen (secondary N) is 1. The normalized spacial score (nSPS) is 18.1. The average Bonchev–Trinajstić information content (AvgIpc) is 3.21. The van der Waals surface area contributed by atoms with Gasteiger partial charge in [-0.2, -0.15) is 0 Å². The maximum atomic E-state index is 12.2. The quantitative estimate of drug-likeness (QED) is 0.781. The first-order valence-electron chi connectivity index (χ1n) is 6.50. The SMILES string of the molecule is CCOC(=O)C(C)(NCC1CC1)c1ccccn1. The fourth-order valence-electron chi connectivity index (χ4n) is 1.87. The molecule has 1 heterocycles. The topological polar surface area (TPSA) is 51.2 Å². The monoisotopic (exact) mass is 248 g/mol. The second-order valence-corrected chi connectivity index (χ2v) is 4.88. The largest absolute Gasteiger partial charge is 0.464 e. The van der Waals surface area contributed by atoms with E-state index in [0.29, 0.717) is 18.2 Å². The van der Waals surface area contributed by atoms with E-state index in [2.05, 4.69) is 10.3 Å². The Morgan fingerprint density at radius 2 is 2.33 bits per heavy atom. The predicted octanol–water partition coefficient (Wildman–Crippen LogP) is 1.86. The van der Waals surface area contributed by atoms with Crippen molar-refractivity contribution in [2.75, 3.05) is 13.2 Å². The smallest absolute Gasteiger partial charge is 0.332 e. The lowest BCUT2D eigenvalue weighted by atomic mass is 9.96. The second kappa shape index (κ2) is 5.48. The molecule has 1 aliphatic rings. The molecule has 0 saturated heterocycles. The number of esters is 1. The van der Waals surface area contributed by atoms with E-state index in [1.165, 1.54) is 12.8 Å². The minimum Gasteiger partial charge on any atom is -0.464 e. The fourth-order valence-corrected chi connectivity index (χ4v) is 1.87. The number of ether oxygens (including phenoxy) is 1. The second-order valence-electron chi connectivity index (χ2n) is 4.88. The molecule has 0 spiro atoms. The minimum atomic E-state index is -0.847. The summed E-state index contributed by atoms with van der Waals surface area (Å²) in [6, 6.07) is 5.59. The van der Waals surface area contributed by atoms with Gasteiger partial charge in [0, 0.05) is 6.20 Å². The molecule has 98 valence electrons. The van der Waals surface area contributed by atoms with Crippen molar-refractivity contribution in [3.63, 3.8) is 0 Å². The van der Waals surface area contributed by atoms with Crippen LogP contribution in [0.25, 0.3) is 0 Å². The Bertz CT molecular complexity index is 404. The summed E-state index contributed by atoms with van der Waals surface area (Å²) in [7, 11) is 0. The molecule has 0 aliphatic heterocycles. The van der Waals surface area contributed by atoms with E-state index in [-0.39, 0.29) is 5.97 Å². The van der Waals surface area contributed by atoms with Crippen LogP contribution in [-0.2, 0) is 15.1 Å². The predicted molar refractivity (Wildman–Crippen MR) is 68.9 cm³/mol. The lowest BCUT2D eigenvalue weighted by Crippen LogP contribution is -2.49. The van der Waals surface area contributed by atoms with Crippen molar-refractivity contribution in [1.29, 1.82) is 0 Å². The number of carbonyl (C=O) groups excluding carboxylic acids is 1. The van der Waals surface area contributed by atoms with Crippen LogP contribution in [0.1, 0.15) is 32.4 Å². The van der Waals surface area contributed by atoms with Crippen molar-refractivity contribution in [3.05, 3.63) is 30.1 Å². The number of hydrogen-bond donors (Lipinski definition) is 1. The highest BCUT2D eigenvalue weighted by atomic mass is 16.5. The third kappa shape index (κ3) is 2.88. The van der Waals surface area contributed by atoms with Crippen molar-refractivity contribution in [3.8, 4) is 0 Å². The maximum absolute atomic E-state index is 12.2. The summed E-state index contributed by atoms with van der Waals surface area (Å²) in [6.45, 7) is 4.88. The Kier molecular flexibility index (Phi) is 3.97. The van der Waals surface area contributed by atoms with E-state index in [9.17, 15) is 4.79 Å². The van der Waals surface area contributed by atoms with Crippen LogP contribution in [0.4, 0.5) is 0 Å². The zero-order chi connectivity index (χ0) is 13.0. The Balaban J connectivity index is 2.17. The van der Waals surface area contributed by atoms with E-state index in [0.717, 1.165) is 6.54 Å². The number of carbonyl (C=O) groups is 1. The number of rotatable bonds is 6. The van der Waals surface area contributed by atoms with Gasteiger partial charge in [0.05, 0.1) is 12.3 Å². The van der Waals surface area contributed by atoms with Gasteiger partial charge in [-0.3, -0.25) is 10.3 Å². The highest BCUT2D eigenvalue weighted by molar-refractivity contribution is 5.81. The third-order valence-corrected chi connectivity index (χ3v) is 3.30. The first-order valence-corrected chi connectivity index (χ1v) is 6.50. The molecule has 1 atom stereocenters. The standard InChI is InChI=1S/C14H20N2O2/c1-3-18-13(17)14(2,16-10-11-7-8-11)12-6-4-5-9-15-12/h4-6,9,11,16H,3,7-8,10H2,1-2H3. The van der Waals surface area contributed by atoms with Gasteiger partial charge in [-0.25, -0.2) is 4.79 Å². The van der Waals surface area contributed by atoms with Crippen LogP contribution in [0.5, 0.6) is 0 Å². The molecule has 1 saturated carbocycles. The molecular formula is C14H20N2O2. The van der Waals surface area contributed by atoms with Gasteiger partial charge in [0.2, 0.25) is 0 Å². The van der Waals surface area contributed by atoms with Crippen LogP contribution in [0, 0.1) is 5.92 Å². The van der Waals surface area contributed by atoms with E-state index < -0.39 is 5.54 Å². The zero-order valence-electron chi connectivity index (χ0n) is 11.0. The van der Waals surface area contributed by atoms with Crippen molar-refractivity contribution in [2.45, 2.75) is 32.2 Å². The molecular weight excluding hydrogens is 228 g/mol. The Morgan fingerprint density at radius 3 is 2.89 bits per heavy atom. The Morgan fingerprint density at radius 1 is 1.56 bits per heavy atom. The molecule has 1 aromatic heterocycles. The summed E-state index contributed by atoms with van der Waals surface area (Å²) in [5.41, 5.74) is -0.135. The maximum Gasteiger partial charge on any atom is 0.332 e. The minimum absolute atomic E-state index is 0.260. The van der Waals surface area contributed by atoms with E-state index in [1.54, 1.807) is 6.20 Å². The Hall–Kier alpha value is -1.42. The van der Waals surface area contributed by atoms with Crippen molar-refractivity contribution in [1.82, 2.24) is 10.3 Å². The molecule has 1 N–H and O–H groups in total. The molecule has 1 fully saturated rings. The van der Waals surface area contributed by atoms with E-state index >= 15 is 0 Å². The lowest BCUT2D eigenvalue weighted by molar-refractivity contribution is -0.151. The molecule has 4 nitrogen and oxygen atoms in total. The van der Waals surface area contributed by atoms with E-state index in [1.807, 2.05) is 32.0 Å². The summed E-state index contributed by atoms with van der Waals surface area (Å²) >= 11 is 0. The molecule has 0 amide bonds. The first kappa shape index (κ1) is 13.0. The molecule has 2 rings (SSSR count). The summed E-state index contributed by atoms with van der Waals surface area (Å²) in [5, 5.41) is 3.32. The molecule has 1 unspecified atom stereocenters. The van der Waals surface area contributed by atoms with Gasteiger partial charge in [0.15, 0.2) is 5.54 Å². The number of aromatic nitrogens is 1. The molecule has 0 aromatic carbocycles. The van der Waals surface area contributed by atoms with Gasteiger partial charge >= 0.3 is 5.97 Å². The van der Waals surface area contributed by atoms with Gasteiger partial charge in [0.25, 0.3) is 0 Å². The molecule has 18 heavy (non-hydrogen) atoms. The fraction of sp³-hybridized carbons (Fsp3) is 0.571. The summed E-state index contributed by atoms with van der Waals surface area (Å²) in [4.78, 5) is 16.5. The van der Waals surface area contributed by atoms with Crippen LogP contribution in [0.3, 0.4) is 0 Å². The van der Waals surface area contributed by atoms with Gasteiger partial charge in [-0.1, -0.05) is 6.07 Å². The van der Waals surface area contributed by atoms with Crippen LogP contribution < -0.4 is 5.32 Å². The van der Waals surface area contributed by atoms with Crippen LogP contribution in [0.2, 0.25) is 0 Å². The van der Waals surface area contributed by atoms with E-state index in [4.69, 9.17) is 4.74 Å². The Labute approximate surface area is 108 Å². The van der Waals surface area contributed by atoms with Crippen LogP contribution in [0.15, 0.2) is 24.4 Å². The lowest BCUT2D eigenvalue weighted by Gasteiger charge is -2.28. The third-order valence-electron chi connectivity index (χ3n) is 3.30. The molecule has 0 bridgehead atoms. The molecule has 0 radical (unpaired) electrons. The van der Waals surface area contributed by atoms with Crippen molar-refractivity contribution >= 4 is 5.97 Å². The van der Waals surface area contributed by atoms with Gasteiger partial charge in [-0.05, 0) is 51.3 Å². The van der Waals surface area contributed by atoms with Gasteiger partial charge in [0.1, 0.15) is 0 Å². The summed E-state index contributed by atoms with van der Waals surface area (Å²) in [5.74, 6) is 0.437. The van der Waals surface area contributed by atoms with Gasteiger partial charge < -0.3 is 4.74 Å².